The number of ether oxygens (including phenoxy) is 1. The van der Waals surface area contributed by atoms with Gasteiger partial charge in [-0.15, -0.1) is 11.3 Å². The van der Waals surface area contributed by atoms with E-state index in [2.05, 4.69) is 0 Å². The number of benzene rings is 2. The van der Waals surface area contributed by atoms with Crippen LogP contribution in [0.4, 0.5) is 4.39 Å². The van der Waals surface area contributed by atoms with Crippen LogP contribution in [0.3, 0.4) is 0 Å². The lowest BCUT2D eigenvalue weighted by Crippen LogP contribution is -2.26. The molecule has 1 aliphatic rings. The molecule has 1 aliphatic heterocycles. The summed E-state index contributed by atoms with van der Waals surface area (Å²) in [7, 11) is 0. The maximum atomic E-state index is 13.4. The number of hydrogen-bond donors (Lipinski definition) is 0. The van der Waals surface area contributed by atoms with E-state index in [1.807, 2.05) is 54.8 Å². The van der Waals surface area contributed by atoms with Gasteiger partial charge in [-0.3, -0.25) is 4.79 Å². The van der Waals surface area contributed by atoms with Crippen LogP contribution in [0.5, 0.6) is 0 Å². The third kappa shape index (κ3) is 2.76. The van der Waals surface area contributed by atoms with Crippen molar-refractivity contribution in [2.75, 3.05) is 0 Å². The van der Waals surface area contributed by atoms with Crippen LogP contribution in [0.1, 0.15) is 34.1 Å². The zero-order valence-electron chi connectivity index (χ0n) is 14.2. The number of ketones is 1. The van der Waals surface area contributed by atoms with Crippen molar-refractivity contribution in [2.24, 2.45) is 0 Å². The largest absolute Gasteiger partial charge is 0.481 e. The standard InChI is InChI=1S/C22H17FO2S/c1-15-19(21(24)16-6-3-2-4-7-16)14-22(25-15,20-8-5-13-26-20)17-9-11-18(23)12-10-17/h2-13H,14H2,1H3. The second kappa shape index (κ2) is 6.54. The van der Waals surface area contributed by atoms with Gasteiger partial charge in [-0.05, 0) is 30.5 Å². The van der Waals surface area contributed by atoms with Crippen molar-refractivity contribution in [1.82, 2.24) is 0 Å². The molecule has 0 spiro atoms. The molecule has 2 heterocycles. The number of allylic oxidation sites excluding steroid dienone is 1. The van der Waals surface area contributed by atoms with Crippen molar-refractivity contribution in [3.8, 4) is 0 Å². The van der Waals surface area contributed by atoms with Crippen LogP contribution in [0.2, 0.25) is 0 Å². The molecule has 4 rings (SSSR count). The van der Waals surface area contributed by atoms with Crippen LogP contribution in [0.25, 0.3) is 0 Å². The quantitative estimate of drug-likeness (QED) is 0.555. The third-order valence-electron chi connectivity index (χ3n) is 4.72. The summed E-state index contributed by atoms with van der Waals surface area (Å²) in [6.07, 6.45) is 0.429. The highest BCUT2D eigenvalue weighted by molar-refractivity contribution is 7.10. The van der Waals surface area contributed by atoms with Gasteiger partial charge in [0, 0.05) is 23.1 Å². The zero-order valence-corrected chi connectivity index (χ0v) is 15.1. The first-order chi connectivity index (χ1) is 12.6. The highest BCUT2D eigenvalue weighted by Gasteiger charge is 2.45. The van der Waals surface area contributed by atoms with E-state index >= 15 is 0 Å². The molecule has 4 heteroatoms. The molecule has 0 N–H and O–H groups in total. The Morgan fingerprint density at radius 1 is 1.04 bits per heavy atom. The average Bonchev–Trinajstić information content (AvgIpc) is 3.31. The smallest absolute Gasteiger partial charge is 0.192 e. The maximum absolute atomic E-state index is 13.4. The monoisotopic (exact) mass is 364 g/mol. The summed E-state index contributed by atoms with van der Waals surface area (Å²) < 4.78 is 19.8. The summed E-state index contributed by atoms with van der Waals surface area (Å²) >= 11 is 1.57. The highest BCUT2D eigenvalue weighted by Crippen LogP contribution is 2.48. The Hall–Kier alpha value is -2.72. The normalized spacial score (nSPS) is 19.5. The minimum Gasteiger partial charge on any atom is -0.481 e. The molecule has 0 radical (unpaired) electrons. The van der Waals surface area contributed by atoms with Crippen molar-refractivity contribution in [3.05, 3.63) is 105 Å². The minimum absolute atomic E-state index is 0.0244. The topological polar surface area (TPSA) is 26.3 Å². The van der Waals surface area contributed by atoms with E-state index in [1.54, 1.807) is 23.5 Å². The summed E-state index contributed by atoms with van der Waals surface area (Å²) in [4.78, 5) is 14.0. The van der Waals surface area contributed by atoms with Gasteiger partial charge < -0.3 is 4.74 Å². The fourth-order valence-electron chi connectivity index (χ4n) is 3.40. The molecule has 1 unspecified atom stereocenters. The molecule has 1 atom stereocenters. The van der Waals surface area contributed by atoms with Gasteiger partial charge in [0.25, 0.3) is 0 Å². The number of carbonyl (C=O) groups is 1. The molecular formula is C22H17FO2S. The van der Waals surface area contributed by atoms with Gasteiger partial charge in [-0.1, -0.05) is 48.5 Å². The molecular weight excluding hydrogens is 347 g/mol. The lowest BCUT2D eigenvalue weighted by atomic mass is 9.85. The van der Waals surface area contributed by atoms with E-state index in [9.17, 15) is 9.18 Å². The molecule has 26 heavy (non-hydrogen) atoms. The lowest BCUT2D eigenvalue weighted by Gasteiger charge is -2.29. The first-order valence-electron chi connectivity index (χ1n) is 8.39. The number of Topliss-reactive ketones (excluding diaryl/α,β-unsaturated/α-hetero) is 1. The first-order valence-corrected chi connectivity index (χ1v) is 9.27. The lowest BCUT2D eigenvalue weighted by molar-refractivity contribution is 0.0655. The van der Waals surface area contributed by atoms with E-state index in [1.165, 1.54) is 12.1 Å². The van der Waals surface area contributed by atoms with Crippen LogP contribution in [-0.2, 0) is 10.3 Å². The summed E-state index contributed by atoms with van der Waals surface area (Å²) in [6, 6.07) is 19.5. The summed E-state index contributed by atoms with van der Waals surface area (Å²) in [5.74, 6) is 0.304. The molecule has 0 amide bonds. The molecule has 0 saturated heterocycles. The Balaban J connectivity index is 1.77. The van der Waals surface area contributed by atoms with E-state index < -0.39 is 5.60 Å². The Morgan fingerprint density at radius 3 is 2.42 bits per heavy atom. The van der Waals surface area contributed by atoms with Crippen molar-refractivity contribution in [3.63, 3.8) is 0 Å². The van der Waals surface area contributed by atoms with Crippen molar-refractivity contribution < 1.29 is 13.9 Å². The Morgan fingerprint density at radius 2 is 1.77 bits per heavy atom. The maximum Gasteiger partial charge on any atom is 0.192 e. The van der Waals surface area contributed by atoms with E-state index in [-0.39, 0.29) is 11.6 Å². The number of rotatable bonds is 4. The Bertz CT molecular complexity index is 959. The van der Waals surface area contributed by atoms with Crippen LogP contribution < -0.4 is 0 Å². The van der Waals surface area contributed by atoms with Gasteiger partial charge in [0.15, 0.2) is 11.4 Å². The van der Waals surface area contributed by atoms with Crippen molar-refractivity contribution >= 4 is 17.1 Å². The van der Waals surface area contributed by atoms with Crippen LogP contribution in [0.15, 0.2) is 83.4 Å². The number of thiophene rings is 1. The van der Waals surface area contributed by atoms with Crippen LogP contribution >= 0.6 is 11.3 Å². The van der Waals surface area contributed by atoms with Gasteiger partial charge in [0.05, 0.1) is 4.88 Å². The number of carbonyl (C=O) groups excluding carboxylic acids is 1. The molecule has 130 valence electrons. The van der Waals surface area contributed by atoms with Gasteiger partial charge in [-0.25, -0.2) is 4.39 Å². The first kappa shape index (κ1) is 16.7. The average molecular weight is 364 g/mol. The molecule has 0 fully saturated rings. The van der Waals surface area contributed by atoms with Gasteiger partial charge in [-0.2, -0.15) is 0 Å². The summed E-state index contributed by atoms with van der Waals surface area (Å²) in [5.41, 5.74) is 1.36. The van der Waals surface area contributed by atoms with E-state index in [4.69, 9.17) is 4.74 Å². The molecule has 1 aromatic heterocycles. The molecule has 2 aromatic carbocycles. The Labute approximate surface area is 155 Å². The molecule has 3 aromatic rings. The van der Waals surface area contributed by atoms with Gasteiger partial charge in [0.2, 0.25) is 0 Å². The second-order valence-electron chi connectivity index (χ2n) is 6.32. The van der Waals surface area contributed by atoms with Crippen LogP contribution in [0, 0.1) is 5.82 Å². The molecule has 0 bridgehead atoms. The van der Waals surface area contributed by atoms with E-state index in [0.29, 0.717) is 23.3 Å². The molecule has 2 nitrogen and oxygen atoms in total. The number of halogens is 1. The third-order valence-corrected chi connectivity index (χ3v) is 5.73. The minimum atomic E-state index is -0.786. The SMILES string of the molecule is CC1=C(C(=O)c2ccccc2)CC(c2ccc(F)cc2)(c2cccs2)O1. The fraction of sp³-hybridized carbons (Fsp3) is 0.136. The zero-order chi connectivity index (χ0) is 18.1. The fourth-order valence-corrected chi connectivity index (χ4v) is 4.29. The summed E-state index contributed by atoms with van der Waals surface area (Å²) in [5, 5.41) is 1.98. The van der Waals surface area contributed by atoms with Gasteiger partial charge >= 0.3 is 0 Å². The van der Waals surface area contributed by atoms with Gasteiger partial charge in [0.1, 0.15) is 11.6 Å². The van der Waals surface area contributed by atoms with Crippen molar-refractivity contribution in [1.29, 1.82) is 0 Å². The molecule has 0 saturated carbocycles. The van der Waals surface area contributed by atoms with Crippen molar-refractivity contribution in [2.45, 2.75) is 18.9 Å². The second-order valence-corrected chi connectivity index (χ2v) is 7.27. The molecule has 0 aliphatic carbocycles. The predicted octanol–water partition coefficient (Wildman–Crippen LogP) is 5.71. The van der Waals surface area contributed by atoms with Crippen LogP contribution in [-0.4, -0.2) is 5.78 Å². The number of hydrogen-bond acceptors (Lipinski definition) is 3. The highest BCUT2D eigenvalue weighted by atomic mass is 32.1. The Kier molecular flexibility index (Phi) is 4.21. The summed E-state index contributed by atoms with van der Waals surface area (Å²) in [6.45, 7) is 1.83. The predicted molar refractivity (Wildman–Crippen MR) is 101 cm³/mol. The van der Waals surface area contributed by atoms with E-state index in [0.717, 1.165) is 10.4 Å².